The van der Waals surface area contributed by atoms with Gasteiger partial charge in [0.25, 0.3) is 0 Å². The summed E-state index contributed by atoms with van der Waals surface area (Å²) in [7, 11) is 0. The van der Waals surface area contributed by atoms with Crippen LogP contribution in [0.5, 0.6) is 0 Å². The number of hydroxylamine groups is 2. The third kappa shape index (κ3) is 2.73. The molecule has 1 rings (SSSR count). The molecule has 1 heterocycles. The maximum Gasteiger partial charge on any atom is 0.349 e. The number of hydrogen-bond donors (Lipinski definition) is 0. The third-order valence-electron chi connectivity index (χ3n) is 3.36. The van der Waals surface area contributed by atoms with E-state index >= 15 is 0 Å². The van der Waals surface area contributed by atoms with Crippen LogP contribution in [0.1, 0.15) is 47.5 Å². The van der Waals surface area contributed by atoms with E-state index in [0.29, 0.717) is 12.8 Å². The van der Waals surface area contributed by atoms with Crippen molar-refractivity contribution >= 4 is 5.97 Å². The van der Waals surface area contributed by atoms with E-state index in [1.165, 1.54) is 0 Å². The third-order valence-corrected chi connectivity index (χ3v) is 3.36. The summed E-state index contributed by atoms with van der Waals surface area (Å²) in [4.78, 5) is 16.8. The summed E-state index contributed by atoms with van der Waals surface area (Å²) in [5.41, 5.74) is -1.17. The maximum atomic E-state index is 11.4. The Morgan fingerprint density at radius 1 is 1.28 bits per heavy atom. The van der Waals surface area contributed by atoms with Crippen LogP contribution in [0.3, 0.4) is 0 Å². The first-order valence-electron chi connectivity index (χ1n) is 6.12. The van der Waals surface area contributed by atoms with Crippen molar-refractivity contribution < 1.29 is 9.63 Å². The van der Waals surface area contributed by atoms with Crippen LogP contribution in [0.15, 0.2) is 12.7 Å². The van der Waals surface area contributed by atoms with Crippen LogP contribution in [0.2, 0.25) is 0 Å². The van der Waals surface area contributed by atoms with Crippen LogP contribution < -0.4 is 0 Å². The Morgan fingerprint density at radius 3 is 2.06 bits per heavy atom. The highest BCUT2D eigenvalue weighted by molar-refractivity contribution is 5.81. The molecule has 0 aromatic rings. The van der Waals surface area contributed by atoms with E-state index in [-0.39, 0.29) is 11.1 Å². The molecule has 0 atom stereocenters. The zero-order valence-corrected chi connectivity index (χ0v) is 11.9. The molecule has 100 valence electrons. The minimum Gasteiger partial charge on any atom is -0.363 e. The van der Waals surface area contributed by atoms with Crippen LogP contribution in [0.4, 0.5) is 0 Å². The van der Waals surface area contributed by atoms with Gasteiger partial charge in [0, 0.05) is 6.08 Å². The SMILES string of the molecule is C=CC(=O)ON1C(C)(C)CC(C)(C#N)CC1(C)C. The molecule has 0 spiro atoms. The van der Waals surface area contributed by atoms with E-state index in [1.54, 1.807) is 5.06 Å². The maximum absolute atomic E-state index is 11.4. The van der Waals surface area contributed by atoms with Crippen molar-refractivity contribution in [3.63, 3.8) is 0 Å². The van der Waals surface area contributed by atoms with E-state index in [4.69, 9.17) is 4.84 Å². The Hall–Kier alpha value is -1.34. The highest BCUT2D eigenvalue weighted by Gasteiger charge is 2.52. The molecular formula is C14H22N2O2. The van der Waals surface area contributed by atoms with Crippen LogP contribution in [-0.2, 0) is 9.63 Å². The molecule has 1 fully saturated rings. The average Bonchev–Trinajstić information content (AvgIpc) is 2.21. The number of rotatable bonds is 2. The molecule has 18 heavy (non-hydrogen) atoms. The molecule has 1 aliphatic rings. The Kier molecular flexibility index (Phi) is 3.60. The molecule has 0 amide bonds. The minimum atomic E-state index is -0.461. The second-order valence-electron chi connectivity index (χ2n) is 6.56. The molecule has 4 heteroatoms. The van der Waals surface area contributed by atoms with E-state index in [2.05, 4.69) is 12.6 Å². The van der Waals surface area contributed by atoms with Crippen molar-refractivity contribution in [1.29, 1.82) is 5.26 Å². The first-order chi connectivity index (χ1) is 8.06. The summed E-state index contributed by atoms with van der Waals surface area (Å²) in [6, 6.07) is 2.39. The molecule has 0 saturated carbocycles. The van der Waals surface area contributed by atoms with Crippen LogP contribution in [-0.4, -0.2) is 22.1 Å². The molecule has 1 saturated heterocycles. The fourth-order valence-electron chi connectivity index (χ4n) is 3.39. The summed E-state index contributed by atoms with van der Waals surface area (Å²) in [5.74, 6) is -0.461. The predicted molar refractivity (Wildman–Crippen MR) is 69.2 cm³/mol. The van der Waals surface area contributed by atoms with Gasteiger partial charge < -0.3 is 4.84 Å². The first kappa shape index (κ1) is 14.7. The lowest BCUT2D eigenvalue weighted by molar-refractivity contribution is -0.272. The number of nitriles is 1. The molecule has 0 aromatic carbocycles. The lowest BCUT2D eigenvalue weighted by atomic mass is 9.67. The van der Waals surface area contributed by atoms with E-state index in [0.717, 1.165) is 6.08 Å². The summed E-state index contributed by atoms with van der Waals surface area (Å²) in [5, 5.41) is 11.0. The number of carbonyl (C=O) groups excluding carboxylic acids is 1. The first-order valence-corrected chi connectivity index (χ1v) is 6.12. The highest BCUT2D eigenvalue weighted by Crippen LogP contribution is 2.47. The monoisotopic (exact) mass is 250 g/mol. The minimum absolute atomic E-state index is 0.384. The second-order valence-corrected chi connectivity index (χ2v) is 6.56. The van der Waals surface area contributed by atoms with Crippen molar-refractivity contribution in [2.75, 3.05) is 0 Å². The van der Waals surface area contributed by atoms with Crippen molar-refractivity contribution in [1.82, 2.24) is 5.06 Å². The largest absolute Gasteiger partial charge is 0.363 e. The summed E-state index contributed by atoms with van der Waals surface area (Å²) in [6.07, 6.45) is 2.47. The van der Waals surface area contributed by atoms with Gasteiger partial charge in [-0.1, -0.05) is 6.58 Å². The van der Waals surface area contributed by atoms with Gasteiger partial charge in [0.2, 0.25) is 0 Å². The predicted octanol–water partition coefficient (Wildman–Crippen LogP) is 2.81. The lowest BCUT2D eigenvalue weighted by Crippen LogP contribution is -2.62. The van der Waals surface area contributed by atoms with Gasteiger partial charge in [0.05, 0.1) is 22.6 Å². The van der Waals surface area contributed by atoms with Gasteiger partial charge in [-0.15, -0.1) is 5.06 Å². The standard InChI is InChI=1S/C14H22N2O2/c1-7-11(17)18-16-12(2,3)8-14(6,10-15)9-13(16,4)5/h7H,1,8-9H2,2-6H3. The molecular weight excluding hydrogens is 228 g/mol. The van der Waals surface area contributed by atoms with E-state index in [1.807, 2.05) is 34.6 Å². The highest BCUT2D eigenvalue weighted by atomic mass is 16.7. The Morgan fingerprint density at radius 2 is 1.72 bits per heavy atom. The molecule has 0 aromatic heterocycles. The fraction of sp³-hybridized carbons (Fsp3) is 0.714. The van der Waals surface area contributed by atoms with Gasteiger partial charge in [-0.2, -0.15) is 5.26 Å². The molecule has 0 radical (unpaired) electrons. The zero-order valence-electron chi connectivity index (χ0n) is 11.9. The quantitative estimate of drug-likeness (QED) is 0.707. The zero-order chi connectivity index (χ0) is 14.2. The number of piperidine rings is 1. The Labute approximate surface area is 109 Å². The fourth-order valence-corrected chi connectivity index (χ4v) is 3.39. The Balaban J connectivity index is 3.08. The second kappa shape index (κ2) is 4.40. The van der Waals surface area contributed by atoms with Gasteiger partial charge in [0.1, 0.15) is 0 Å². The normalized spacial score (nSPS) is 24.9. The smallest absolute Gasteiger partial charge is 0.349 e. The van der Waals surface area contributed by atoms with Gasteiger partial charge in [-0.3, -0.25) is 0 Å². The number of nitrogens with zero attached hydrogens (tertiary/aromatic N) is 2. The molecule has 0 bridgehead atoms. The van der Waals surface area contributed by atoms with Gasteiger partial charge >= 0.3 is 5.97 Å². The number of hydrogen-bond acceptors (Lipinski definition) is 4. The molecule has 0 aliphatic carbocycles. The molecule has 0 N–H and O–H groups in total. The van der Waals surface area contributed by atoms with Crippen LogP contribution in [0, 0.1) is 16.7 Å². The van der Waals surface area contributed by atoms with Crippen molar-refractivity contribution in [3.8, 4) is 6.07 Å². The van der Waals surface area contributed by atoms with Crippen molar-refractivity contribution in [3.05, 3.63) is 12.7 Å². The van der Waals surface area contributed by atoms with Gasteiger partial charge in [-0.25, -0.2) is 4.79 Å². The van der Waals surface area contributed by atoms with E-state index < -0.39 is 11.4 Å². The lowest BCUT2D eigenvalue weighted by Gasteiger charge is -2.54. The molecule has 0 unspecified atom stereocenters. The summed E-state index contributed by atoms with van der Waals surface area (Å²) in [6.45, 7) is 13.3. The van der Waals surface area contributed by atoms with Crippen molar-refractivity contribution in [2.45, 2.75) is 58.5 Å². The van der Waals surface area contributed by atoms with Crippen LogP contribution >= 0.6 is 0 Å². The molecule has 4 nitrogen and oxygen atoms in total. The van der Waals surface area contributed by atoms with Gasteiger partial charge in [-0.05, 0) is 47.5 Å². The average molecular weight is 250 g/mol. The summed E-state index contributed by atoms with van der Waals surface area (Å²) >= 11 is 0. The van der Waals surface area contributed by atoms with Crippen LogP contribution in [0.25, 0.3) is 0 Å². The van der Waals surface area contributed by atoms with Crippen molar-refractivity contribution in [2.24, 2.45) is 5.41 Å². The number of carbonyl (C=O) groups is 1. The van der Waals surface area contributed by atoms with Gasteiger partial charge in [0.15, 0.2) is 0 Å². The Bertz CT molecular complexity index is 387. The molecule has 1 aliphatic heterocycles. The van der Waals surface area contributed by atoms with E-state index in [9.17, 15) is 10.1 Å². The summed E-state index contributed by atoms with van der Waals surface area (Å²) < 4.78 is 0. The topological polar surface area (TPSA) is 53.3 Å².